The van der Waals surface area contributed by atoms with E-state index in [0.29, 0.717) is 39.3 Å². The molecule has 0 aromatic carbocycles. The summed E-state index contributed by atoms with van der Waals surface area (Å²) in [4.78, 5) is 44.0. The SMILES string of the molecule is O=C(O)CN1CCN(CC(=O)I)CCN(CC(=O)O)Cc2cccc(n2)C1. The average molecular weight is 490 g/mol. The van der Waals surface area contributed by atoms with E-state index >= 15 is 0 Å². The van der Waals surface area contributed by atoms with Gasteiger partial charge < -0.3 is 10.2 Å². The molecule has 0 unspecified atom stereocenters. The zero-order valence-electron chi connectivity index (χ0n) is 14.9. The molecule has 2 N–H and O–H groups in total. The summed E-state index contributed by atoms with van der Waals surface area (Å²) in [5.74, 6) is -1.83. The van der Waals surface area contributed by atoms with Gasteiger partial charge in [-0.15, -0.1) is 0 Å². The number of fused-ring (bicyclic) bond motifs is 2. The van der Waals surface area contributed by atoms with Gasteiger partial charge in [0.15, 0.2) is 0 Å². The quantitative estimate of drug-likeness (QED) is 0.425. The van der Waals surface area contributed by atoms with Crippen LogP contribution in [0.1, 0.15) is 11.4 Å². The fourth-order valence-corrected chi connectivity index (χ4v) is 3.47. The lowest BCUT2D eigenvalue weighted by Crippen LogP contribution is -2.43. The molecule has 0 spiro atoms. The highest BCUT2D eigenvalue weighted by Gasteiger charge is 2.19. The molecule has 10 heteroatoms. The van der Waals surface area contributed by atoms with Crippen molar-refractivity contribution in [3.63, 3.8) is 0 Å². The van der Waals surface area contributed by atoms with Crippen molar-refractivity contribution in [3.8, 4) is 0 Å². The number of hydrogen-bond acceptors (Lipinski definition) is 7. The van der Waals surface area contributed by atoms with Gasteiger partial charge in [-0.2, -0.15) is 0 Å². The molecule has 0 saturated carbocycles. The summed E-state index contributed by atoms with van der Waals surface area (Å²) in [6, 6.07) is 5.51. The Hall–Kier alpha value is -1.63. The molecular formula is C17H23IN4O5. The van der Waals surface area contributed by atoms with E-state index in [-0.39, 0.29) is 23.4 Å². The smallest absolute Gasteiger partial charge is 0.317 e. The second-order valence-corrected chi connectivity index (χ2v) is 7.66. The van der Waals surface area contributed by atoms with Crippen molar-refractivity contribution in [2.24, 2.45) is 0 Å². The van der Waals surface area contributed by atoms with Crippen LogP contribution in [0.4, 0.5) is 0 Å². The molecule has 0 aliphatic carbocycles. The Labute approximate surface area is 171 Å². The second kappa shape index (κ2) is 10.6. The minimum Gasteiger partial charge on any atom is -0.480 e. The minimum atomic E-state index is -0.914. The normalized spacial score (nSPS) is 17.7. The molecule has 27 heavy (non-hydrogen) atoms. The monoisotopic (exact) mass is 490 g/mol. The third-order valence-corrected chi connectivity index (χ3v) is 4.51. The van der Waals surface area contributed by atoms with Crippen LogP contribution in [0.25, 0.3) is 0 Å². The van der Waals surface area contributed by atoms with E-state index in [1.165, 1.54) is 0 Å². The maximum Gasteiger partial charge on any atom is 0.317 e. The Kier molecular flexibility index (Phi) is 8.54. The van der Waals surface area contributed by atoms with Crippen LogP contribution >= 0.6 is 22.6 Å². The largest absolute Gasteiger partial charge is 0.480 e. The first-order valence-corrected chi connectivity index (χ1v) is 9.63. The van der Waals surface area contributed by atoms with Crippen molar-refractivity contribution in [2.45, 2.75) is 13.1 Å². The van der Waals surface area contributed by atoms with Crippen LogP contribution in [0.2, 0.25) is 0 Å². The number of carboxylic acids is 2. The third kappa shape index (κ3) is 8.28. The summed E-state index contributed by atoms with van der Waals surface area (Å²) >= 11 is 1.74. The van der Waals surface area contributed by atoms with Gasteiger partial charge in [0.25, 0.3) is 0 Å². The van der Waals surface area contributed by atoms with Gasteiger partial charge in [-0.25, -0.2) is 0 Å². The van der Waals surface area contributed by atoms with E-state index in [1.807, 2.05) is 23.1 Å². The van der Waals surface area contributed by atoms with E-state index in [2.05, 4.69) is 4.98 Å². The molecule has 0 fully saturated rings. The molecule has 9 nitrogen and oxygen atoms in total. The first-order chi connectivity index (χ1) is 12.8. The molecule has 2 heterocycles. The highest BCUT2D eigenvalue weighted by atomic mass is 127. The molecule has 2 bridgehead atoms. The van der Waals surface area contributed by atoms with Crippen LogP contribution < -0.4 is 0 Å². The maximum atomic E-state index is 11.6. The van der Waals surface area contributed by atoms with E-state index < -0.39 is 11.9 Å². The van der Waals surface area contributed by atoms with Gasteiger partial charge in [-0.1, -0.05) is 6.07 Å². The lowest BCUT2D eigenvalue weighted by Gasteiger charge is -2.29. The number of carbonyl (C=O) groups is 3. The summed E-state index contributed by atoms with van der Waals surface area (Å²) in [5.41, 5.74) is 1.47. The lowest BCUT2D eigenvalue weighted by molar-refractivity contribution is -0.139. The van der Waals surface area contributed by atoms with Crippen molar-refractivity contribution in [3.05, 3.63) is 29.6 Å². The molecule has 1 aliphatic heterocycles. The summed E-state index contributed by atoms with van der Waals surface area (Å²) in [7, 11) is 0. The zero-order chi connectivity index (χ0) is 19.8. The van der Waals surface area contributed by atoms with Gasteiger partial charge in [0.05, 0.1) is 31.0 Å². The number of halogens is 1. The molecule has 0 amide bonds. The minimum absolute atomic E-state index is 0.0128. The summed E-state index contributed by atoms with van der Waals surface area (Å²) < 4.78 is -0.0128. The van der Waals surface area contributed by atoms with E-state index in [4.69, 9.17) is 10.2 Å². The number of hydrogen-bond donors (Lipinski definition) is 2. The van der Waals surface area contributed by atoms with Gasteiger partial charge in [-0.05, 0) is 12.1 Å². The first-order valence-electron chi connectivity index (χ1n) is 8.55. The van der Waals surface area contributed by atoms with Crippen molar-refractivity contribution < 1.29 is 24.6 Å². The molecule has 2 rings (SSSR count). The van der Waals surface area contributed by atoms with Crippen molar-refractivity contribution in [2.75, 3.05) is 45.8 Å². The summed E-state index contributed by atoms with van der Waals surface area (Å²) in [5, 5.41) is 18.3. The predicted molar refractivity (Wildman–Crippen MR) is 106 cm³/mol. The number of carbonyl (C=O) groups excluding carboxylic acids is 1. The van der Waals surface area contributed by atoms with Crippen LogP contribution in [0.5, 0.6) is 0 Å². The van der Waals surface area contributed by atoms with E-state index in [9.17, 15) is 14.4 Å². The zero-order valence-corrected chi connectivity index (χ0v) is 17.0. The summed E-state index contributed by atoms with van der Waals surface area (Å²) in [6.45, 7) is 2.77. The fraction of sp³-hybridized carbons (Fsp3) is 0.529. The Balaban J connectivity index is 2.24. The number of rotatable bonds is 6. The van der Waals surface area contributed by atoms with Crippen LogP contribution in [0.15, 0.2) is 18.2 Å². The molecular weight excluding hydrogens is 467 g/mol. The third-order valence-electron chi connectivity index (χ3n) is 4.17. The van der Waals surface area contributed by atoms with Crippen LogP contribution in [-0.2, 0) is 27.5 Å². The van der Waals surface area contributed by atoms with Gasteiger partial charge in [0.2, 0.25) is 3.79 Å². The van der Waals surface area contributed by atoms with Crippen molar-refractivity contribution >= 4 is 38.3 Å². The summed E-state index contributed by atoms with van der Waals surface area (Å²) in [6.07, 6.45) is 0. The molecule has 0 saturated heterocycles. The Morgan fingerprint density at radius 1 is 0.852 bits per heavy atom. The lowest BCUT2D eigenvalue weighted by atomic mass is 10.2. The first kappa shape index (κ1) is 21.7. The highest BCUT2D eigenvalue weighted by molar-refractivity contribution is 14.1. The van der Waals surface area contributed by atoms with Gasteiger partial charge in [-0.3, -0.25) is 34.1 Å². The Morgan fingerprint density at radius 2 is 1.30 bits per heavy atom. The predicted octanol–water partition coefficient (Wildman–Crippen LogP) is 0.132. The highest BCUT2D eigenvalue weighted by Crippen LogP contribution is 2.09. The fourth-order valence-electron chi connectivity index (χ4n) is 2.99. The Morgan fingerprint density at radius 3 is 1.70 bits per heavy atom. The van der Waals surface area contributed by atoms with Gasteiger partial charge in [0, 0.05) is 61.9 Å². The number of pyridine rings is 1. The van der Waals surface area contributed by atoms with Gasteiger partial charge in [0.1, 0.15) is 0 Å². The van der Waals surface area contributed by atoms with Crippen molar-refractivity contribution in [1.82, 2.24) is 19.7 Å². The Bertz CT molecular complexity index is 642. The van der Waals surface area contributed by atoms with Gasteiger partial charge >= 0.3 is 11.9 Å². The van der Waals surface area contributed by atoms with Crippen LogP contribution in [0, 0.1) is 0 Å². The molecule has 1 aliphatic rings. The van der Waals surface area contributed by atoms with E-state index in [0.717, 1.165) is 11.4 Å². The number of nitrogens with zero attached hydrogens (tertiary/aromatic N) is 4. The molecule has 1 aromatic rings. The maximum absolute atomic E-state index is 11.6. The van der Waals surface area contributed by atoms with Crippen LogP contribution in [0.3, 0.4) is 0 Å². The number of aliphatic carboxylic acids is 2. The van der Waals surface area contributed by atoms with Crippen LogP contribution in [-0.4, -0.2) is 91.4 Å². The second-order valence-electron chi connectivity index (χ2n) is 6.46. The molecule has 1 aromatic heterocycles. The molecule has 0 atom stereocenters. The average Bonchev–Trinajstić information content (AvgIpc) is 2.55. The number of aromatic nitrogens is 1. The molecule has 0 radical (unpaired) electrons. The van der Waals surface area contributed by atoms with E-state index in [1.54, 1.807) is 32.4 Å². The van der Waals surface area contributed by atoms with Crippen molar-refractivity contribution in [1.29, 1.82) is 0 Å². The molecule has 148 valence electrons. The standard InChI is InChI=1S/C17H23IN4O5/c18-15(23)10-20-4-6-21(11-16(24)25)8-13-2-1-3-14(19-13)9-22(7-5-20)12-17(26)27/h1-3H,4-12H2,(H,24,25)(H,26,27). The number of carboxylic acid groups (broad SMARTS) is 2. The topological polar surface area (TPSA) is 114 Å².